The molecule has 0 saturated carbocycles. The Bertz CT molecular complexity index is 354. The van der Waals surface area contributed by atoms with Gasteiger partial charge >= 0.3 is 0 Å². The lowest BCUT2D eigenvalue weighted by atomic mass is 10.0. The van der Waals surface area contributed by atoms with Crippen LogP contribution in [0.1, 0.15) is 5.56 Å². The lowest BCUT2D eigenvalue weighted by Gasteiger charge is -2.22. The van der Waals surface area contributed by atoms with Gasteiger partial charge in [-0.05, 0) is 5.56 Å². The van der Waals surface area contributed by atoms with Crippen LogP contribution in [-0.4, -0.2) is 41.8 Å². The van der Waals surface area contributed by atoms with E-state index in [1.54, 1.807) is 0 Å². The molecule has 1 unspecified atom stereocenters. The second-order valence-corrected chi connectivity index (χ2v) is 4.87. The minimum absolute atomic E-state index is 0.149. The van der Waals surface area contributed by atoms with E-state index in [9.17, 15) is 5.11 Å². The molecule has 16 heavy (non-hydrogen) atoms. The summed E-state index contributed by atoms with van der Waals surface area (Å²) < 4.78 is 0. The van der Waals surface area contributed by atoms with E-state index in [1.165, 1.54) is 5.56 Å². The van der Waals surface area contributed by atoms with Crippen LogP contribution >= 0.6 is 0 Å². The van der Waals surface area contributed by atoms with E-state index in [0.29, 0.717) is 12.0 Å². The zero-order valence-electron chi connectivity index (χ0n) is 9.34. The zero-order valence-corrected chi connectivity index (χ0v) is 9.34. The Kier molecular flexibility index (Phi) is 2.67. The molecule has 3 nitrogen and oxygen atoms in total. The highest BCUT2D eigenvalue weighted by Gasteiger charge is 2.43. The summed E-state index contributed by atoms with van der Waals surface area (Å²) >= 11 is 0. The van der Waals surface area contributed by atoms with Gasteiger partial charge in [0.2, 0.25) is 0 Å². The van der Waals surface area contributed by atoms with Crippen molar-refractivity contribution in [2.45, 2.75) is 18.7 Å². The number of rotatable bonds is 2. The molecule has 3 heteroatoms. The number of aliphatic hydroxyl groups is 1. The molecule has 0 radical (unpaired) electrons. The maximum atomic E-state index is 9.97. The fourth-order valence-corrected chi connectivity index (χ4v) is 2.99. The van der Waals surface area contributed by atoms with Gasteiger partial charge in [0.05, 0.1) is 6.10 Å². The molecule has 2 N–H and O–H groups in total. The molecule has 2 heterocycles. The third kappa shape index (κ3) is 1.75. The summed E-state index contributed by atoms with van der Waals surface area (Å²) in [6.07, 6.45) is -0.149. The number of hydrogen-bond acceptors (Lipinski definition) is 3. The Labute approximate surface area is 96.1 Å². The molecule has 2 aliphatic heterocycles. The van der Waals surface area contributed by atoms with Gasteiger partial charge in [0.1, 0.15) is 0 Å². The van der Waals surface area contributed by atoms with Crippen molar-refractivity contribution in [2.75, 3.05) is 19.6 Å². The highest BCUT2D eigenvalue weighted by molar-refractivity contribution is 5.15. The highest BCUT2D eigenvalue weighted by Crippen LogP contribution is 2.28. The number of nitrogens with zero attached hydrogens (tertiary/aromatic N) is 1. The third-order valence-electron chi connectivity index (χ3n) is 3.84. The van der Waals surface area contributed by atoms with Gasteiger partial charge in [-0.25, -0.2) is 0 Å². The van der Waals surface area contributed by atoms with Crippen molar-refractivity contribution < 1.29 is 5.11 Å². The maximum absolute atomic E-state index is 9.97. The van der Waals surface area contributed by atoms with Crippen LogP contribution in [0.25, 0.3) is 0 Å². The van der Waals surface area contributed by atoms with Gasteiger partial charge in [-0.1, -0.05) is 30.3 Å². The van der Waals surface area contributed by atoms with Crippen LogP contribution in [0.3, 0.4) is 0 Å². The fraction of sp³-hybridized carbons (Fsp3) is 0.538. The van der Waals surface area contributed by atoms with Crippen molar-refractivity contribution in [1.82, 2.24) is 10.2 Å². The SMILES string of the molecule is OC1CN(Cc2ccccc2)[C@@H]2CNC[C@@H]12. The quantitative estimate of drug-likeness (QED) is 0.756. The standard InChI is InChI=1S/C13H18N2O/c16-13-9-15(12-7-14-6-11(12)13)8-10-4-2-1-3-5-10/h1-5,11-14,16H,6-9H2/t11-,12-,13?/m1/s1. The van der Waals surface area contributed by atoms with Crippen molar-refractivity contribution in [3.05, 3.63) is 35.9 Å². The van der Waals surface area contributed by atoms with Crippen molar-refractivity contribution in [2.24, 2.45) is 5.92 Å². The first-order chi connectivity index (χ1) is 7.84. The van der Waals surface area contributed by atoms with Gasteiger partial charge in [-0.3, -0.25) is 4.90 Å². The molecule has 0 aromatic heterocycles. The summed E-state index contributed by atoms with van der Waals surface area (Å²) in [4.78, 5) is 2.41. The van der Waals surface area contributed by atoms with Gasteiger partial charge in [0.15, 0.2) is 0 Å². The number of likely N-dealkylation sites (tertiary alicyclic amines) is 1. The molecule has 0 amide bonds. The lowest BCUT2D eigenvalue weighted by molar-refractivity contribution is 0.143. The second kappa shape index (κ2) is 4.17. The van der Waals surface area contributed by atoms with Crippen LogP contribution < -0.4 is 5.32 Å². The van der Waals surface area contributed by atoms with Gasteiger partial charge in [0.25, 0.3) is 0 Å². The molecular weight excluding hydrogens is 200 g/mol. The Balaban J connectivity index is 1.72. The van der Waals surface area contributed by atoms with E-state index < -0.39 is 0 Å². The minimum Gasteiger partial charge on any atom is -0.391 e. The van der Waals surface area contributed by atoms with Crippen molar-refractivity contribution in [3.63, 3.8) is 0 Å². The normalized spacial score (nSPS) is 34.2. The van der Waals surface area contributed by atoms with E-state index in [2.05, 4.69) is 34.5 Å². The first-order valence-electron chi connectivity index (χ1n) is 6.01. The topological polar surface area (TPSA) is 35.5 Å². The van der Waals surface area contributed by atoms with E-state index in [0.717, 1.165) is 26.2 Å². The number of fused-ring (bicyclic) bond motifs is 1. The average Bonchev–Trinajstić information content (AvgIpc) is 2.87. The van der Waals surface area contributed by atoms with Gasteiger partial charge in [0, 0.05) is 38.1 Å². The minimum atomic E-state index is -0.149. The number of nitrogens with one attached hydrogen (secondary N) is 1. The van der Waals surface area contributed by atoms with Crippen LogP contribution in [0.15, 0.2) is 30.3 Å². The molecular formula is C13H18N2O. The molecule has 0 spiro atoms. The third-order valence-corrected chi connectivity index (χ3v) is 3.84. The fourth-order valence-electron chi connectivity index (χ4n) is 2.99. The first kappa shape index (κ1) is 10.3. The molecule has 2 fully saturated rings. The van der Waals surface area contributed by atoms with Crippen molar-refractivity contribution in [3.8, 4) is 0 Å². The average molecular weight is 218 g/mol. The Morgan fingerprint density at radius 3 is 2.88 bits per heavy atom. The van der Waals surface area contributed by atoms with Crippen LogP contribution in [0.5, 0.6) is 0 Å². The Hall–Kier alpha value is -0.900. The largest absolute Gasteiger partial charge is 0.391 e. The molecule has 1 aromatic rings. The van der Waals surface area contributed by atoms with Crippen LogP contribution in [0.2, 0.25) is 0 Å². The molecule has 3 rings (SSSR count). The van der Waals surface area contributed by atoms with Gasteiger partial charge < -0.3 is 10.4 Å². The van der Waals surface area contributed by atoms with E-state index in [4.69, 9.17) is 0 Å². The molecule has 2 aliphatic rings. The monoisotopic (exact) mass is 218 g/mol. The molecule has 1 aromatic carbocycles. The number of aliphatic hydroxyl groups excluding tert-OH is 1. The zero-order chi connectivity index (χ0) is 11.0. The van der Waals surface area contributed by atoms with E-state index in [-0.39, 0.29) is 6.10 Å². The van der Waals surface area contributed by atoms with Crippen molar-refractivity contribution in [1.29, 1.82) is 0 Å². The second-order valence-electron chi connectivity index (χ2n) is 4.87. The molecule has 2 saturated heterocycles. The van der Waals surface area contributed by atoms with Crippen LogP contribution in [0, 0.1) is 5.92 Å². The summed E-state index contributed by atoms with van der Waals surface area (Å²) in [7, 11) is 0. The molecule has 3 atom stereocenters. The van der Waals surface area contributed by atoms with E-state index >= 15 is 0 Å². The first-order valence-corrected chi connectivity index (χ1v) is 6.01. The van der Waals surface area contributed by atoms with Crippen LogP contribution in [-0.2, 0) is 6.54 Å². The smallest absolute Gasteiger partial charge is 0.0723 e. The predicted molar refractivity (Wildman–Crippen MR) is 63.0 cm³/mol. The van der Waals surface area contributed by atoms with E-state index in [1.807, 2.05) is 6.07 Å². The lowest BCUT2D eigenvalue weighted by Crippen LogP contribution is -2.33. The number of benzene rings is 1. The number of hydrogen-bond donors (Lipinski definition) is 2. The number of β-amino-alcohol motifs (C(OH)–C–C–N with tert-alkyl or cyclic N) is 1. The summed E-state index contributed by atoms with van der Waals surface area (Å²) in [6, 6.07) is 11.0. The van der Waals surface area contributed by atoms with Gasteiger partial charge in [-0.2, -0.15) is 0 Å². The Morgan fingerprint density at radius 1 is 1.25 bits per heavy atom. The van der Waals surface area contributed by atoms with Crippen molar-refractivity contribution >= 4 is 0 Å². The Morgan fingerprint density at radius 2 is 2.06 bits per heavy atom. The van der Waals surface area contributed by atoms with Gasteiger partial charge in [-0.15, -0.1) is 0 Å². The highest BCUT2D eigenvalue weighted by atomic mass is 16.3. The summed E-state index contributed by atoms with van der Waals surface area (Å²) in [6.45, 7) is 3.78. The molecule has 86 valence electrons. The predicted octanol–water partition coefficient (Wildman–Crippen LogP) is 0.451. The molecule has 0 aliphatic carbocycles. The maximum Gasteiger partial charge on any atom is 0.0723 e. The van der Waals surface area contributed by atoms with Crippen LogP contribution in [0.4, 0.5) is 0 Å². The summed E-state index contributed by atoms with van der Waals surface area (Å²) in [5.74, 6) is 0.434. The molecule has 0 bridgehead atoms. The summed E-state index contributed by atoms with van der Waals surface area (Å²) in [5.41, 5.74) is 1.34. The summed E-state index contributed by atoms with van der Waals surface area (Å²) in [5, 5.41) is 13.3.